The molecule has 2 rings (SSSR count). The minimum atomic E-state index is 0.138. The highest BCUT2D eigenvalue weighted by Crippen LogP contribution is 2.23. The maximum absolute atomic E-state index is 12.2. The minimum absolute atomic E-state index is 0.138. The van der Waals surface area contributed by atoms with Gasteiger partial charge in [0.25, 0.3) is 0 Å². The van der Waals surface area contributed by atoms with Crippen LogP contribution in [0.5, 0.6) is 0 Å². The lowest BCUT2D eigenvalue weighted by Gasteiger charge is -2.21. The van der Waals surface area contributed by atoms with Crippen molar-refractivity contribution in [1.29, 1.82) is 0 Å². The van der Waals surface area contributed by atoms with Crippen molar-refractivity contribution in [3.63, 3.8) is 0 Å². The fourth-order valence-electron chi connectivity index (χ4n) is 2.22. The number of benzene rings is 1. The second kappa shape index (κ2) is 6.15. The van der Waals surface area contributed by atoms with Crippen molar-refractivity contribution < 1.29 is 4.79 Å². The van der Waals surface area contributed by atoms with Gasteiger partial charge in [-0.3, -0.25) is 4.79 Å². The van der Waals surface area contributed by atoms with Crippen LogP contribution in [0.15, 0.2) is 24.3 Å². The summed E-state index contributed by atoms with van der Waals surface area (Å²) in [5, 5.41) is 1.00. The van der Waals surface area contributed by atoms with E-state index in [1.165, 1.54) is 4.70 Å². The quantitative estimate of drug-likeness (QED) is 0.834. The van der Waals surface area contributed by atoms with Crippen LogP contribution < -0.4 is 0 Å². The monoisotopic (exact) mass is 276 g/mol. The third-order valence-electron chi connectivity index (χ3n) is 3.42. The van der Waals surface area contributed by atoms with Gasteiger partial charge >= 0.3 is 0 Å². The van der Waals surface area contributed by atoms with E-state index in [2.05, 4.69) is 24.9 Å². The molecule has 0 aliphatic heterocycles. The highest BCUT2D eigenvalue weighted by Gasteiger charge is 2.19. The molecule has 0 aliphatic carbocycles. The number of nitrogens with zero attached hydrogens (tertiary/aromatic N) is 2. The largest absolute Gasteiger partial charge is 0.339 e. The van der Waals surface area contributed by atoms with Gasteiger partial charge < -0.3 is 4.90 Å². The summed E-state index contributed by atoms with van der Waals surface area (Å²) in [6.45, 7) is 4.74. The predicted molar refractivity (Wildman–Crippen MR) is 80.2 cm³/mol. The maximum Gasteiger partial charge on any atom is 0.225 e. The number of hydrogen-bond acceptors (Lipinski definition) is 3. The van der Waals surface area contributed by atoms with Crippen LogP contribution in [-0.2, 0) is 11.3 Å². The van der Waals surface area contributed by atoms with Crippen LogP contribution in [0, 0.1) is 5.92 Å². The molecule has 0 bridgehead atoms. The lowest BCUT2D eigenvalue weighted by atomic mass is 10.0. The Morgan fingerprint density at radius 1 is 1.32 bits per heavy atom. The van der Waals surface area contributed by atoms with E-state index >= 15 is 0 Å². The molecule has 19 heavy (non-hydrogen) atoms. The number of hydrogen-bond donors (Lipinski definition) is 0. The molecule has 1 aromatic carbocycles. The van der Waals surface area contributed by atoms with Gasteiger partial charge in [-0.15, -0.1) is 11.3 Å². The molecule has 4 heteroatoms. The molecule has 0 unspecified atom stereocenters. The smallest absolute Gasteiger partial charge is 0.225 e. The third-order valence-corrected chi connectivity index (χ3v) is 4.44. The first-order valence-corrected chi connectivity index (χ1v) is 7.56. The van der Waals surface area contributed by atoms with Gasteiger partial charge in [-0.05, 0) is 25.0 Å². The molecule has 0 spiro atoms. The van der Waals surface area contributed by atoms with E-state index in [0.717, 1.165) is 23.4 Å². The molecule has 0 saturated heterocycles. The van der Waals surface area contributed by atoms with E-state index < -0.39 is 0 Å². The van der Waals surface area contributed by atoms with Crippen molar-refractivity contribution in [3.8, 4) is 0 Å². The summed E-state index contributed by atoms with van der Waals surface area (Å²) in [5.41, 5.74) is 1.02. The van der Waals surface area contributed by atoms with Crippen LogP contribution in [0.3, 0.4) is 0 Å². The number of thiazole rings is 1. The van der Waals surface area contributed by atoms with Crippen molar-refractivity contribution in [2.24, 2.45) is 5.92 Å². The molecule has 1 amide bonds. The SMILES string of the molecule is CCC(CC)C(=O)N(C)Cc1nc2ccccc2s1. The lowest BCUT2D eigenvalue weighted by Crippen LogP contribution is -2.31. The summed E-state index contributed by atoms with van der Waals surface area (Å²) in [6, 6.07) is 8.09. The minimum Gasteiger partial charge on any atom is -0.339 e. The standard InChI is InChI=1S/C15H20N2OS/c1-4-11(5-2)15(18)17(3)10-14-16-12-8-6-7-9-13(12)19-14/h6-9,11H,4-5,10H2,1-3H3. The Labute approximate surface area is 118 Å². The van der Waals surface area contributed by atoms with Crippen molar-refractivity contribution in [3.05, 3.63) is 29.3 Å². The Kier molecular flexibility index (Phi) is 4.53. The zero-order valence-electron chi connectivity index (χ0n) is 11.7. The fourth-order valence-corrected chi connectivity index (χ4v) is 3.24. The van der Waals surface area contributed by atoms with Gasteiger partial charge in [-0.2, -0.15) is 0 Å². The Bertz CT molecular complexity index is 527. The maximum atomic E-state index is 12.2. The molecular formula is C15H20N2OS. The fraction of sp³-hybridized carbons (Fsp3) is 0.467. The first-order chi connectivity index (χ1) is 9.15. The number of carbonyl (C=O) groups excluding carboxylic acids is 1. The number of para-hydroxylation sites is 1. The molecular weight excluding hydrogens is 256 g/mol. The molecule has 0 fully saturated rings. The lowest BCUT2D eigenvalue weighted by molar-refractivity contribution is -0.134. The second-order valence-electron chi connectivity index (χ2n) is 4.78. The molecule has 2 aromatic rings. The summed E-state index contributed by atoms with van der Waals surface area (Å²) >= 11 is 1.66. The van der Waals surface area contributed by atoms with Crippen LogP contribution in [0.1, 0.15) is 31.7 Å². The van der Waals surface area contributed by atoms with E-state index in [1.54, 1.807) is 16.2 Å². The Hall–Kier alpha value is -1.42. The molecule has 0 N–H and O–H groups in total. The topological polar surface area (TPSA) is 33.2 Å². The van der Waals surface area contributed by atoms with E-state index in [-0.39, 0.29) is 11.8 Å². The molecule has 0 saturated carbocycles. The van der Waals surface area contributed by atoms with Gasteiger partial charge in [0, 0.05) is 13.0 Å². The van der Waals surface area contributed by atoms with Gasteiger partial charge in [-0.25, -0.2) is 4.98 Å². The molecule has 3 nitrogen and oxygen atoms in total. The van der Waals surface area contributed by atoms with Gasteiger partial charge in [0.1, 0.15) is 5.01 Å². The Balaban J connectivity index is 2.09. The number of rotatable bonds is 5. The van der Waals surface area contributed by atoms with E-state index in [0.29, 0.717) is 6.54 Å². The van der Waals surface area contributed by atoms with Gasteiger partial charge in [-0.1, -0.05) is 26.0 Å². The van der Waals surface area contributed by atoms with E-state index in [9.17, 15) is 4.79 Å². The van der Waals surface area contributed by atoms with Crippen molar-refractivity contribution in [1.82, 2.24) is 9.88 Å². The molecule has 0 radical (unpaired) electrons. The summed E-state index contributed by atoms with van der Waals surface area (Å²) in [5.74, 6) is 0.364. The number of aromatic nitrogens is 1. The van der Waals surface area contributed by atoms with Crippen LogP contribution >= 0.6 is 11.3 Å². The highest BCUT2D eigenvalue weighted by atomic mass is 32.1. The summed E-state index contributed by atoms with van der Waals surface area (Å²) in [7, 11) is 1.87. The van der Waals surface area contributed by atoms with Gasteiger partial charge in [0.05, 0.1) is 16.8 Å². The summed E-state index contributed by atoms with van der Waals surface area (Å²) in [6.07, 6.45) is 1.80. The normalized spacial score (nSPS) is 11.2. The van der Waals surface area contributed by atoms with Crippen molar-refractivity contribution in [2.75, 3.05) is 7.05 Å². The zero-order chi connectivity index (χ0) is 13.8. The highest BCUT2D eigenvalue weighted by molar-refractivity contribution is 7.18. The molecule has 0 atom stereocenters. The number of amides is 1. The predicted octanol–water partition coefficient (Wildman–Crippen LogP) is 3.69. The first kappa shape index (κ1) is 14.0. The zero-order valence-corrected chi connectivity index (χ0v) is 12.5. The van der Waals surface area contributed by atoms with Gasteiger partial charge in [0.2, 0.25) is 5.91 Å². The van der Waals surface area contributed by atoms with Crippen molar-refractivity contribution >= 4 is 27.5 Å². The summed E-state index contributed by atoms with van der Waals surface area (Å²) in [4.78, 5) is 18.6. The summed E-state index contributed by atoms with van der Waals surface area (Å²) < 4.78 is 1.18. The van der Waals surface area contributed by atoms with Crippen LogP contribution in [0.4, 0.5) is 0 Å². The second-order valence-corrected chi connectivity index (χ2v) is 5.90. The van der Waals surface area contributed by atoms with Crippen LogP contribution in [-0.4, -0.2) is 22.8 Å². The number of carbonyl (C=O) groups is 1. The van der Waals surface area contributed by atoms with Gasteiger partial charge in [0.15, 0.2) is 0 Å². The van der Waals surface area contributed by atoms with Crippen LogP contribution in [0.2, 0.25) is 0 Å². The molecule has 1 aromatic heterocycles. The Morgan fingerprint density at radius 2 is 2.00 bits per heavy atom. The van der Waals surface area contributed by atoms with E-state index in [4.69, 9.17) is 0 Å². The average Bonchev–Trinajstić information content (AvgIpc) is 2.82. The van der Waals surface area contributed by atoms with Crippen molar-refractivity contribution in [2.45, 2.75) is 33.2 Å². The molecule has 1 heterocycles. The average molecular weight is 276 g/mol. The Morgan fingerprint density at radius 3 is 2.63 bits per heavy atom. The third kappa shape index (κ3) is 3.13. The molecule has 0 aliphatic rings. The van der Waals surface area contributed by atoms with E-state index in [1.807, 2.05) is 25.2 Å². The van der Waals surface area contributed by atoms with Crippen LogP contribution in [0.25, 0.3) is 10.2 Å². The molecule has 102 valence electrons. The number of fused-ring (bicyclic) bond motifs is 1. The first-order valence-electron chi connectivity index (χ1n) is 6.75.